The molecule has 0 aliphatic rings. The molecule has 0 aliphatic heterocycles. The van der Waals surface area contributed by atoms with E-state index in [1.807, 2.05) is 0 Å². The molecule has 2 rings (SSSR count). The smallest absolute Gasteiger partial charge is 0.244 e. The fourth-order valence-electron chi connectivity index (χ4n) is 1.77. The summed E-state index contributed by atoms with van der Waals surface area (Å²) in [6, 6.07) is 3.54. The molecular weight excluding hydrogens is 280 g/mol. The van der Waals surface area contributed by atoms with Crippen LogP contribution in [0.1, 0.15) is 11.3 Å². The standard InChI is InChI=1S/C13H15F2N5O/c1-19(6-9-2-3-11(14)12(15)4-9)13(21)8-20-7-10(5-16)17-18-20/h2-4,7H,5-6,8,16H2,1H3. The van der Waals surface area contributed by atoms with Gasteiger partial charge in [0, 0.05) is 20.1 Å². The molecule has 6 nitrogen and oxygen atoms in total. The van der Waals surface area contributed by atoms with Crippen LogP contribution in [-0.2, 0) is 24.4 Å². The second-order valence-electron chi connectivity index (χ2n) is 4.61. The Morgan fingerprint density at radius 2 is 2.14 bits per heavy atom. The van der Waals surface area contributed by atoms with Gasteiger partial charge in [-0.25, -0.2) is 13.5 Å². The van der Waals surface area contributed by atoms with Gasteiger partial charge in [-0.05, 0) is 17.7 Å². The van der Waals surface area contributed by atoms with Gasteiger partial charge in [0.15, 0.2) is 11.6 Å². The Morgan fingerprint density at radius 3 is 2.76 bits per heavy atom. The van der Waals surface area contributed by atoms with Crippen molar-refractivity contribution < 1.29 is 13.6 Å². The lowest BCUT2D eigenvalue weighted by Crippen LogP contribution is -2.30. The minimum atomic E-state index is -0.933. The van der Waals surface area contributed by atoms with Crippen LogP contribution in [0.15, 0.2) is 24.4 Å². The summed E-state index contributed by atoms with van der Waals surface area (Å²) < 4.78 is 27.3. The minimum Gasteiger partial charge on any atom is -0.340 e. The molecule has 21 heavy (non-hydrogen) atoms. The Morgan fingerprint density at radius 1 is 1.38 bits per heavy atom. The number of nitrogens with two attached hydrogens (primary N) is 1. The van der Waals surface area contributed by atoms with Crippen LogP contribution in [0.25, 0.3) is 0 Å². The second-order valence-corrected chi connectivity index (χ2v) is 4.61. The van der Waals surface area contributed by atoms with Crippen molar-refractivity contribution in [2.24, 2.45) is 5.73 Å². The third-order valence-electron chi connectivity index (χ3n) is 2.92. The number of halogens is 2. The molecule has 1 amide bonds. The monoisotopic (exact) mass is 295 g/mol. The summed E-state index contributed by atoms with van der Waals surface area (Å²) in [5.41, 5.74) is 6.50. The fourth-order valence-corrected chi connectivity index (χ4v) is 1.77. The first-order valence-corrected chi connectivity index (χ1v) is 6.26. The van der Waals surface area contributed by atoms with E-state index in [-0.39, 0.29) is 25.5 Å². The van der Waals surface area contributed by atoms with E-state index in [1.54, 1.807) is 13.2 Å². The molecule has 2 aromatic rings. The normalized spacial score (nSPS) is 10.7. The second kappa shape index (κ2) is 6.40. The molecule has 1 aromatic carbocycles. The summed E-state index contributed by atoms with van der Waals surface area (Å²) >= 11 is 0. The molecular formula is C13H15F2N5O. The number of amides is 1. The highest BCUT2D eigenvalue weighted by Gasteiger charge is 2.12. The molecule has 2 N–H and O–H groups in total. The quantitative estimate of drug-likeness (QED) is 0.879. The lowest BCUT2D eigenvalue weighted by atomic mass is 10.2. The Labute approximate surface area is 120 Å². The highest BCUT2D eigenvalue weighted by atomic mass is 19.2. The van der Waals surface area contributed by atoms with Crippen molar-refractivity contribution in [2.75, 3.05) is 7.05 Å². The number of carbonyl (C=O) groups excluding carboxylic acids is 1. The van der Waals surface area contributed by atoms with Crippen molar-refractivity contribution in [1.82, 2.24) is 19.9 Å². The number of hydrogen-bond acceptors (Lipinski definition) is 4. The summed E-state index contributed by atoms with van der Waals surface area (Å²) in [6.45, 7) is 0.431. The molecule has 8 heteroatoms. The third-order valence-corrected chi connectivity index (χ3v) is 2.92. The maximum atomic E-state index is 13.1. The van der Waals surface area contributed by atoms with E-state index >= 15 is 0 Å². The molecule has 1 aromatic heterocycles. The Kier molecular flexibility index (Phi) is 4.59. The van der Waals surface area contributed by atoms with Gasteiger partial charge in [0.25, 0.3) is 0 Å². The Hall–Kier alpha value is -2.35. The maximum absolute atomic E-state index is 13.1. The molecule has 0 saturated heterocycles. The number of carbonyl (C=O) groups is 1. The third kappa shape index (κ3) is 3.82. The van der Waals surface area contributed by atoms with Crippen LogP contribution in [0.4, 0.5) is 8.78 Å². The predicted octanol–water partition coefficient (Wildman–Crippen LogP) is 0.674. The van der Waals surface area contributed by atoms with Crippen molar-refractivity contribution >= 4 is 5.91 Å². The van der Waals surface area contributed by atoms with Crippen LogP contribution >= 0.6 is 0 Å². The molecule has 0 saturated carbocycles. The molecule has 0 fully saturated rings. The van der Waals surface area contributed by atoms with Gasteiger partial charge >= 0.3 is 0 Å². The van der Waals surface area contributed by atoms with E-state index in [1.165, 1.54) is 15.6 Å². The van der Waals surface area contributed by atoms with Crippen molar-refractivity contribution in [2.45, 2.75) is 19.6 Å². The zero-order valence-corrected chi connectivity index (χ0v) is 11.5. The number of hydrogen-bond donors (Lipinski definition) is 1. The highest BCUT2D eigenvalue weighted by Crippen LogP contribution is 2.10. The predicted molar refractivity (Wildman–Crippen MR) is 70.7 cm³/mol. The lowest BCUT2D eigenvalue weighted by Gasteiger charge is -2.17. The number of likely N-dealkylation sites (N-methyl/N-ethyl adjacent to an activating group) is 1. The fraction of sp³-hybridized carbons (Fsp3) is 0.308. The summed E-state index contributed by atoms with van der Waals surface area (Å²) in [4.78, 5) is 13.4. The van der Waals surface area contributed by atoms with Gasteiger partial charge in [-0.1, -0.05) is 11.3 Å². The van der Waals surface area contributed by atoms with Crippen LogP contribution in [0.5, 0.6) is 0 Å². The van der Waals surface area contributed by atoms with E-state index in [9.17, 15) is 13.6 Å². The molecule has 0 radical (unpaired) electrons. The van der Waals surface area contributed by atoms with E-state index in [4.69, 9.17) is 5.73 Å². The molecule has 1 heterocycles. The minimum absolute atomic E-state index is 0.00712. The van der Waals surface area contributed by atoms with E-state index < -0.39 is 11.6 Å². The molecule has 0 atom stereocenters. The van der Waals surface area contributed by atoms with Gasteiger partial charge < -0.3 is 10.6 Å². The largest absolute Gasteiger partial charge is 0.340 e. The first kappa shape index (κ1) is 15.0. The van der Waals surface area contributed by atoms with E-state index in [2.05, 4.69) is 10.3 Å². The zero-order chi connectivity index (χ0) is 15.4. The van der Waals surface area contributed by atoms with Crippen LogP contribution in [0, 0.1) is 11.6 Å². The van der Waals surface area contributed by atoms with Gasteiger partial charge in [-0.15, -0.1) is 5.10 Å². The molecule has 0 spiro atoms. The van der Waals surface area contributed by atoms with Crippen molar-refractivity contribution in [3.05, 3.63) is 47.3 Å². The Balaban J connectivity index is 1.97. The van der Waals surface area contributed by atoms with Crippen LogP contribution in [0.2, 0.25) is 0 Å². The maximum Gasteiger partial charge on any atom is 0.244 e. The molecule has 0 unspecified atom stereocenters. The topological polar surface area (TPSA) is 77.0 Å². The van der Waals surface area contributed by atoms with Gasteiger partial charge in [0.05, 0.1) is 11.9 Å². The average molecular weight is 295 g/mol. The molecule has 0 bridgehead atoms. The lowest BCUT2D eigenvalue weighted by molar-refractivity contribution is -0.131. The highest BCUT2D eigenvalue weighted by molar-refractivity contribution is 5.75. The Bertz CT molecular complexity index is 643. The number of nitrogens with zero attached hydrogens (tertiary/aromatic N) is 4. The van der Waals surface area contributed by atoms with Crippen LogP contribution in [-0.4, -0.2) is 32.8 Å². The molecule has 112 valence electrons. The van der Waals surface area contributed by atoms with Gasteiger partial charge in [0.1, 0.15) is 6.54 Å². The van der Waals surface area contributed by atoms with E-state index in [0.717, 1.165) is 12.1 Å². The average Bonchev–Trinajstić information content (AvgIpc) is 2.90. The van der Waals surface area contributed by atoms with Crippen molar-refractivity contribution in [3.8, 4) is 0 Å². The summed E-state index contributed by atoms with van der Waals surface area (Å²) in [6.07, 6.45) is 1.59. The van der Waals surface area contributed by atoms with Crippen LogP contribution in [0.3, 0.4) is 0 Å². The van der Waals surface area contributed by atoms with Crippen LogP contribution < -0.4 is 5.73 Å². The first-order chi connectivity index (χ1) is 9.99. The van der Waals surface area contributed by atoms with Crippen molar-refractivity contribution in [3.63, 3.8) is 0 Å². The van der Waals surface area contributed by atoms with Gasteiger partial charge in [-0.2, -0.15) is 0 Å². The molecule has 0 aliphatic carbocycles. The van der Waals surface area contributed by atoms with Crippen molar-refractivity contribution in [1.29, 1.82) is 0 Å². The first-order valence-electron chi connectivity index (χ1n) is 6.26. The summed E-state index contributed by atoms with van der Waals surface area (Å²) in [7, 11) is 1.57. The zero-order valence-electron chi connectivity index (χ0n) is 11.5. The van der Waals surface area contributed by atoms with E-state index in [0.29, 0.717) is 11.3 Å². The number of aromatic nitrogens is 3. The number of rotatable bonds is 5. The SMILES string of the molecule is CN(Cc1ccc(F)c(F)c1)C(=O)Cn1cc(CN)nn1. The van der Waals surface area contributed by atoms with Gasteiger partial charge in [0.2, 0.25) is 5.91 Å². The van der Waals surface area contributed by atoms with Gasteiger partial charge in [-0.3, -0.25) is 4.79 Å². The summed E-state index contributed by atoms with van der Waals surface area (Å²) in [5.74, 6) is -2.07. The summed E-state index contributed by atoms with van der Waals surface area (Å²) in [5, 5.41) is 7.55. The number of benzene rings is 1.